The van der Waals surface area contributed by atoms with Gasteiger partial charge in [-0.1, -0.05) is 18.2 Å². The van der Waals surface area contributed by atoms with E-state index < -0.39 is 0 Å². The molecule has 0 aliphatic rings. The van der Waals surface area contributed by atoms with Gasteiger partial charge in [-0.3, -0.25) is 4.79 Å². The third-order valence-corrected chi connectivity index (χ3v) is 1.76. The fourth-order valence-electron chi connectivity index (χ4n) is 1.25. The van der Waals surface area contributed by atoms with Crippen LogP contribution in [0.15, 0.2) is 18.2 Å². The highest BCUT2D eigenvalue weighted by molar-refractivity contribution is 6.01. The zero-order valence-electron chi connectivity index (χ0n) is 6.85. The molecule has 0 bridgehead atoms. The van der Waals surface area contributed by atoms with Gasteiger partial charge in [-0.05, 0) is 25.0 Å². The van der Waals surface area contributed by atoms with Crippen molar-refractivity contribution < 1.29 is 4.79 Å². The second-order valence-electron chi connectivity index (χ2n) is 2.69. The first-order valence-electron chi connectivity index (χ1n) is 3.55. The van der Waals surface area contributed by atoms with Gasteiger partial charge in [0.2, 0.25) is 0 Å². The molecule has 0 aliphatic heterocycles. The summed E-state index contributed by atoms with van der Waals surface area (Å²) in [4.78, 5) is 11.0. The van der Waals surface area contributed by atoms with Gasteiger partial charge in [0.15, 0.2) is 5.78 Å². The third kappa shape index (κ3) is 1.48. The summed E-state index contributed by atoms with van der Waals surface area (Å²) in [5.74, 6) is -0.0967. The lowest BCUT2D eigenvalue weighted by molar-refractivity contribution is 0.104. The van der Waals surface area contributed by atoms with Crippen LogP contribution in [-0.2, 0) is 0 Å². The lowest BCUT2D eigenvalue weighted by atomic mass is 10.0. The summed E-state index contributed by atoms with van der Waals surface area (Å²) in [7, 11) is 0. The zero-order valence-corrected chi connectivity index (χ0v) is 6.85. The van der Waals surface area contributed by atoms with E-state index in [2.05, 4.69) is 6.92 Å². The van der Waals surface area contributed by atoms with Gasteiger partial charge in [0.1, 0.15) is 0 Å². The first kappa shape index (κ1) is 7.99. The maximum Gasteiger partial charge on any atom is 0.163 e. The summed E-state index contributed by atoms with van der Waals surface area (Å²) in [6.45, 7) is 7.24. The van der Waals surface area contributed by atoms with Crippen LogP contribution in [-0.4, -0.2) is 5.78 Å². The molecule has 0 N–H and O–H groups in total. The van der Waals surface area contributed by atoms with E-state index in [9.17, 15) is 4.79 Å². The molecule has 1 radical (unpaired) electrons. The Hall–Kier alpha value is -1.11. The number of Topliss-reactive ketones (excluding diaryl/α,β-unsaturated/α-hetero) is 1. The Balaban J connectivity index is 3.32. The summed E-state index contributed by atoms with van der Waals surface area (Å²) in [6, 6.07) is 5.79. The van der Waals surface area contributed by atoms with Crippen LogP contribution in [0, 0.1) is 20.8 Å². The van der Waals surface area contributed by atoms with Crippen molar-refractivity contribution in [3.05, 3.63) is 41.8 Å². The van der Waals surface area contributed by atoms with E-state index in [1.54, 1.807) is 0 Å². The van der Waals surface area contributed by atoms with Crippen molar-refractivity contribution in [3.63, 3.8) is 0 Å². The minimum Gasteiger partial charge on any atom is -0.294 e. The SMILES string of the molecule is [CH2]C(=O)c1c(C)cccc1C. The molecule has 11 heavy (non-hydrogen) atoms. The van der Waals surface area contributed by atoms with Crippen molar-refractivity contribution in [3.8, 4) is 0 Å². The highest BCUT2D eigenvalue weighted by Gasteiger charge is 2.05. The van der Waals surface area contributed by atoms with E-state index in [4.69, 9.17) is 0 Å². The van der Waals surface area contributed by atoms with Crippen molar-refractivity contribution in [1.82, 2.24) is 0 Å². The molecule has 0 aromatic heterocycles. The van der Waals surface area contributed by atoms with Crippen LogP contribution in [0.1, 0.15) is 21.5 Å². The minimum atomic E-state index is -0.0967. The molecule has 0 heterocycles. The van der Waals surface area contributed by atoms with Crippen LogP contribution in [0.25, 0.3) is 0 Å². The maximum absolute atomic E-state index is 11.0. The van der Waals surface area contributed by atoms with Crippen LogP contribution in [0.5, 0.6) is 0 Å². The summed E-state index contributed by atoms with van der Waals surface area (Å²) in [5, 5.41) is 0. The van der Waals surface area contributed by atoms with E-state index >= 15 is 0 Å². The molecule has 0 spiro atoms. The number of hydrogen-bond acceptors (Lipinski definition) is 1. The normalized spacial score (nSPS) is 9.73. The molecule has 0 amide bonds. The van der Waals surface area contributed by atoms with Crippen LogP contribution in [0.4, 0.5) is 0 Å². The quantitative estimate of drug-likeness (QED) is 0.557. The Morgan fingerprint density at radius 1 is 1.27 bits per heavy atom. The fourth-order valence-corrected chi connectivity index (χ4v) is 1.25. The lowest BCUT2D eigenvalue weighted by Gasteiger charge is -2.03. The Kier molecular flexibility index (Phi) is 2.08. The van der Waals surface area contributed by atoms with Gasteiger partial charge in [-0.25, -0.2) is 0 Å². The van der Waals surface area contributed by atoms with Crippen molar-refractivity contribution in [2.45, 2.75) is 13.8 Å². The zero-order chi connectivity index (χ0) is 8.43. The highest BCUT2D eigenvalue weighted by atomic mass is 16.1. The summed E-state index contributed by atoms with van der Waals surface area (Å²) < 4.78 is 0. The molecular formula is C10H11O. The van der Waals surface area contributed by atoms with Gasteiger partial charge in [0, 0.05) is 12.5 Å². The van der Waals surface area contributed by atoms with Gasteiger partial charge in [0.05, 0.1) is 0 Å². The van der Waals surface area contributed by atoms with Gasteiger partial charge in [0.25, 0.3) is 0 Å². The van der Waals surface area contributed by atoms with Crippen LogP contribution < -0.4 is 0 Å². The van der Waals surface area contributed by atoms with Gasteiger partial charge in [-0.2, -0.15) is 0 Å². The predicted octanol–water partition coefficient (Wildman–Crippen LogP) is 2.32. The number of rotatable bonds is 1. The van der Waals surface area contributed by atoms with Gasteiger partial charge < -0.3 is 0 Å². The molecule has 1 rings (SSSR count). The Morgan fingerprint density at radius 2 is 1.73 bits per heavy atom. The Bertz CT molecular complexity index is 267. The molecule has 1 nitrogen and oxygen atoms in total. The molecule has 0 saturated carbocycles. The number of carbonyl (C=O) groups excluding carboxylic acids is 1. The maximum atomic E-state index is 11.0. The van der Waals surface area contributed by atoms with E-state index in [-0.39, 0.29) is 5.78 Å². The van der Waals surface area contributed by atoms with E-state index in [1.165, 1.54) is 0 Å². The summed E-state index contributed by atoms with van der Waals surface area (Å²) >= 11 is 0. The van der Waals surface area contributed by atoms with Crippen molar-refractivity contribution in [2.75, 3.05) is 0 Å². The first-order valence-corrected chi connectivity index (χ1v) is 3.55. The first-order chi connectivity index (χ1) is 5.13. The van der Waals surface area contributed by atoms with E-state index in [1.807, 2.05) is 32.0 Å². The summed E-state index contributed by atoms with van der Waals surface area (Å²) in [6.07, 6.45) is 0. The number of aryl methyl sites for hydroxylation is 2. The van der Waals surface area contributed by atoms with Crippen LogP contribution in [0.2, 0.25) is 0 Å². The smallest absolute Gasteiger partial charge is 0.163 e. The van der Waals surface area contributed by atoms with Crippen molar-refractivity contribution in [2.24, 2.45) is 0 Å². The lowest BCUT2D eigenvalue weighted by Crippen LogP contribution is -1.99. The van der Waals surface area contributed by atoms with Crippen molar-refractivity contribution >= 4 is 5.78 Å². The van der Waals surface area contributed by atoms with Gasteiger partial charge >= 0.3 is 0 Å². The van der Waals surface area contributed by atoms with Gasteiger partial charge in [-0.15, -0.1) is 0 Å². The molecule has 0 aliphatic carbocycles. The highest BCUT2D eigenvalue weighted by Crippen LogP contribution is 2.12. The predicted molar refractivity (Wildman–Crippen MR) is 45.6 cm³/mol. The monoisotopic (exact) mass is 147 g/mol. The second-order valence-corrected chi connectivity index (χ2v) is 2.69. The van der Waals surface area contributed by atoms with Crippen LogP contribution in [0.3, 0.4) is 0 Å². The Labute approximate surface area is 67.1 Å². The molecule has 1 aromatic rings. The molecule has 0 fully saturated rings. The van der Waals surface area contributed by atoms with Crippen molar-refractivity contribution in [1.29, 1.82) is 0 Å². The number of hydrogen-bond donors (Lipinski definition) is 0. The molecule has 0 atom stereocenters. The van der Waals surface area contributed by atoms with E-state index in [0.717, 1.165) is 16.7 Å². The third-order valence-electron chi connectivity index (χ3n) is 1.76. The number of carbonyl (C=O) groups is 1. The van der Waals surface area contributed by atoms with Crippen LogP contribution >= 0.6 is 0 Å². The molecule has 0 saturated heterocycles. The number of benzene rings is 1. The average molecular weight is 147 g/mol. The standard InChI is InChI=1S/C10H11O/c1-7-5-4-6-8(2)10(7)9(3)11/h4-6H,3H2,1-2H3. The fraction of sp³-hybridized carbons (Fsp3) is 0.200. The minimum absolute atomic E-state index is 0.0967. The average Bonchev–Trinajstić information content (AvgIpc) is 1.85. The second kappa shape index (κ2) is 2.87. The molecule has 0 unspecified atom stereocenters. The summed E-state index contributed by atoms with van der Waals surface area (Å²) in [5.41, 5.74) is 2.77. The molecular weight excluding hydrogens is 136 g/mol. The molecule has 57 valence electrons. The largest absolute Gasteiger partial charge is 0.294 e. The molecule has 1 aromatic carbocycles. The van der Waals surface area contributed by atoms with E-state index in [0.29, 0.717) is 0 Å². The topological polar surface area (TPSA) is 17.1 Å². The Morgan fingerprint density at radius 3 is 2.00 bits per heavy atom. The number of ketones is 1. The molecule has 1 heteroatoms.